The third-order valence-corrected chi connectivity index (χ3v) is 9.14. The fourth-order valence-electron chi connectivity index (χ4n) is 7.11. The number of para-hydroxylation sites is 1. The van der Waals surface area contributed by atoms with Gasteiger partial charge >= 0.3 is 0 Å². The van der Waals surface area contributed by atoms with Gasteiger partial charge in [0.2, 0.25) is 0 Å². The van der Waals surface area contributed by atoms with E-state index >= 15 is 0 Å². The van der Waals surface area contributed by atoms with Gasteiger partial charge in [-0.3, -0.25) is 9.55 Å². The number of benzene rings is 5. The van der Waals surface area contributed by atoms with Gasteiger partial charge in [0.15, 0.2) is 0 Å². The second-order valence-corrected chi connectivity index (χ2v) is 12.0. The maximum Gasteiger partial charge on any atom is 0.137 e. The molecule has 1 aliphatic rings. The molecule has 0 unspecified atom stereocenters. The molecular formula is C42H30N4. The van der Waals surface area contributed by atoms with Crippen molar-refractivity contribution in [3.63, 3.8) is 0 Å². The molecule has 3 aromatic heterocycles. The molecule has 0 radical (unpaired) electrons. The van der Waals surface area contributed by atoms with Crippen molar-refractivity contribution in [1.82, 2.24) is 14.5 Å². The summed E-state index contributed by atoms with van der Waals surface area (Å²) in [6, 6.07) is 49.8. The number of pyridine rings is 2. The molecule has 0 spiro atoms. The van der Waals surface area contributed by atoms with E-state index in [9.17, 15) is 0 Å². The predicted octanol–water partition coefficient (Wildman–Crippen LogP) is 10.6. The number of hydrogen-bond acceptors (Lipinski definition) is 3. The maximum atomic E-state index is 4.90. The lowest BCUT2D eigenvalue weighted by atomic mass is 9.99. The van der Waals surface area contributed by atoms with Crippen molar-refractivity contribution in [2.45, 2.75) is 13.3 Å². The average molecular weight is 591 g/mol. The molecular weight excluding hydrogens is 560 g/mol. The molecule has 0 saturated carbocycles. The first kappa shape index (κ1) is 26.4. The third kappa shape index (κ3) is 4.22. The summed E-state index contributed by atoms with van der Waals surface area (Å²) in [5.41, 5.74) is 14.2. The van der Waals surface area contributed by atoms with Gasteiger partial charge in [0.05, 0.1) is 16.7 Å². The van der Waals surface area contributed by atoms with Gasteiger partial charge in [0, 0.05) is 45.8 Å². The van der Waals surface area contributed by atoms with E-state index in [0.29, 0.717) is 0 Å². The van der Waals surface area contributed by atoms with E-state index in [1.54, 1.807) is 0 Å². The van der Waals surface area contributed by atoms with Crippen LogP contribution in [-0.4, -0.2) is 14.5 Å². The summed E-state index contributed by atoms with van der Waals surface area (Å²) in [5, 5.41) is 2.52. The molecule has 5 aromatic carbocycles. The molecule has 0 bridgehead atoms. The van der Waals surface area contributed by atoms with Gasteiger partial charge in [-0.05, 0) is 108 Å². The van der Waals surface area contributed by atoms with Gasteiger partial charge in [-0.1, -0.05) is 72.8 Å². The van der Waals surface area contributed by atoms with Gasteiger partial charge in [-0.25, -0.2) is 4.98 Å². The molecule has 0 fully saturated rings. The second-order valence-electron chi connectivity index (χ2n) is 12.0. The monoisotopic (exact) mass is 590 g/mol. The largest absolute Gasteiger partial charge is 0.310 e. The Morgan fingerprint density at radius 2 is 1.41 bits per heavy atom. The summed E-state index contributed by atoms with van der Waals surface area (Å²) >= 11 is 0. The highest BCUT2D eigenvalue weighted by Crippen LogP contribution is 2.47. The first-order chi connectivity index (χ1) is 22.7. The zero-order chi connectivity index (χ0) is 30.6. The van der Waals surface area contributed by atoms with Crippen molar-refractivity contribution < 1.29 is 0 Å². The van der Waals surface area contributed by atoms with Gasteiger partial charge in [-0.2, -0.15) is 0 Å². The van der Waals surface area contributed by atoms with E-state index < -0.39 is 0 Å². The topological polar surface area (TPSA) is 34.0 Å². The van der Waals surface area contributed by atoms with Crippen LogP contribution in [0, 0.1) is 6.92 Å². The molecule has 0 aliphatic heterocycles. The average Bonchev–Trinajstić information content (AvgIpc) is 3.65. The van der Waals surface area contributed by atoms with Crippen LogP contribution in [0.1, 0.15) is 16.7 Å². The molecule has 1 aliphatic carbocycles. The molecule has 4 nitrogen and oxygen atoms in total. The Balaban J connectivity index is 1.32. The molecule has 0 N–H and O–H groups in total. The highest BCUT2D eigenvalue weighted by molar-refractivity contribution is 6.18. The summed E-state index contributed by atoms with van der Waals surface area (Å²) < 4.78 is 2.34. The van der Waals surface area contributed by atoms with E-state index in [1.807, 2.05) is 24.5 Å². The van der Waals surface area contributed by atoms with Crippen molar-refractivity contribution in [2.24, 2.45) is 0 Å². The first-order valence-corrected chi connectivity index (χ1v) is 15.7. The number of nitrogens with zero attached hydrogens (tertiary/aromatic N) is 4. The summed E-state index contributed by atoms with van der Waals surface area (Å²) in [7, 11) is 0. The van der Waals surface area contributed by atoms with Crippen LogP contribution < -0.4 is 4.90 Å². The zero-order valence-electron chi connectivity index (χ0n) is 25.4. The van der Waals surface area contributed by atoms with Crippen LogP contribution in [0.3, 0.4) is 0 Å². The summed E-state index contributed by atoms with van der Waals surface area (Å²) in [6.45, 7) is 2.13. The summed E-state index contributed by atoms with van der Waals surface area (Å²) in [6.07, 6.45) is 4.72. The van der Waals surface area contributed by atoms with E-state index in [0.717, 1.165) is 46.1 Å². The van der Waals surface area contributed by atoms with Crippen molar-refractivity contribution in [2.75, 3.05) is 4.90 Å². The molecule has 46 heavy (non-hydrogen) atoms. The number of anilines is 3. The van der Waals surface area contributed by atoms with Crippen LogP contribution in [-0.2, 0) is 6.42 Å². The standard InChI is InChI=1S/C42H30N4/c1-28-21-23-44-40(24-28)46-38-20-17-31-25-29-10-5-6-15-35(29)41(31)42(38)36-19-18-34(27-39(36)46)45(32-12-3-2-4-13-32)33-14-9-11-30(26-33)37-16-7-8-22-43-37/h2-24,26-27H,25H2,1H3. The Bertz CT molecular complexity index is 2410. The lowest BCUT2D eigenvalue weighted by molar-refractivity contribution is 1.07. The fourth-order valence-corrected chi connectivity index (χ4v) is 7.11. The Labute approximate surface area is 267 Å². The third-order valence-electron chi connectivity index (χ3n) is 9.14. The lowest BCUT2D eigenvalue weighted by Crippen LogP contribution is -2.10. The zero-order valence-corrected chi connectivity index (χ0v) is 25.4. The quantitative estimate of drug-likeness (QED) is 0.200. The normalized spacial score (nSPS) is 11.9. The van der Waals surface area contributed by atoms with Gasteiger partial charge in [0.25, 0.3) is 0 Å². The smallest absolute Gasteiger partial charge is 0.137 e. The fraction of sp³-hybridized carbons (Fsp3) is 0.0476. The maximum absolute atomic E-state index is 4.90. The van der Waals surface area contributed by atoms with E-state index in [2.05, 4.69) is 149 Å². The predicted molar refractivity (Wildman–Crippen MR) is 189 cm³/mol. The van der Waals surface area contributed by atoms with Crippen LogP contribution in [0.4, 0.5) is 17.1 Å². The molecule has 8 aromatic rings. The number of aromatic nitrogens is 3. The number of aryl methyl sites for hydroxylation is 1. The van der Waals surface area contributed by atoms with Gasteiger partial charge in [-0.15, -0.1) is 0 Å². The molecule has 218 valence electrons. The Hall–Kier alpha value is -6.00. The SMILES string of the molecule is Cc1ccnc(-n2c3cc(N(c4ccccc4)c4cccc(-c5ccccn5)c4)ccc3c3c4c(ccc32)Cc2ccccc2-4)c1. The van der Waals surface area contributed by atoms with E-state index in [-0.39, 0.29) is 0 Å². The second kappa shape index (κ2) is 10.6. The molecule has 3 heterocycles. The summed E-state index contributed by atoms with van der Waals surface area (Å²) in [5.74, 6) is 0.923. The Morgan fingerprint density at radius 3 is 2.28 bits per heavy atom. The molecule has 4 heteroatoms. The Morgan fingerprint density at radius 1 is 0.587 bits per heavy atom. The molecule has 9 rings (SSSR count). The molecule has 0 atom stereocenters. The van der Waals surface area contributed by atoms with Crippen LogP contribution in [0.2, 0.25) is 0 Å². The minimum absolute atomic E-state index is 0.923. The lowest BCUT2D eigenvalue weighted by Gasteiger charge is -2.26. The van der Waals surface area contributed by atoms with Crippen LogP contribution >= 0.6 is 0 Å². The van der Waals surface area contributed by atoms with Crippen molar-refractivity contribution in [3.05, 3.63) is 169 Å². The highest BCUT2D eigenvalue weighted by Gasteiger charge is 2.25. The first-order valence-electron chi connectivity index (χ1n) is 15.7. The van der Waals surface area contributed by atoms with Crippen LogP contribution in [0.15, 0.2) is 152 Å². The van der Waals surface area contributed by atoms with Crippen LogP contribution in [0.25, 0.3) is 50.0 Å². The molecule has 0 saturated heterocycles. The van der Waals surface area contributed by atoms with Gasteiger partial charge in [0.1, 0.15) is 5.82 Å². The van der Waals surface area contributed by atoms with E-state index in [4.69, 9.17) is 4.98 Å². The number of hydrogen-bond donors (Lipinski definition) is 0. The minimum Gasteiger partial charge on any atom is -0.310 e. The van der Waals surface area contributed by atoms with Crippen LogP contribution in [0.5, 0.6) is 0 Å². The van der Waals surface area contributed by atoms with E-state index in [1.165, 1.54) is 44.1 Å². The van der Waals surface area contributed by atoms with Gasteiger partial charge < -0.3 is 4.90 Å². The summed E-state index contributed by atoms with van der Waals surface area (Å²) in [4.78, 5) is 11.9. The number of rotatable bonds is 5. The molecule has 0 amide bonds. The van der Waals surface area contributed by atoms with Crippen molar-refractivity contribution in [1.29, 1.82) is 0 Å². The highest BCUT2D eigenvalue weighted by atomic mass is 15.1. The minimum atomic E-state index is 0.923. The Kier molecular flexibility index (Phi) is 6.07. The number of fused-ring (bicyclic) bond motifs is 7. The van der Waals surface area contributed by atoms with Crippen molar-refractivity contribution >= 4 is 38.9 Å². The van der Waals surface area contributed by atoms with Crippen molar-refractivity contribution in [3.8, 4) is 28.2 Å².